The second-order valence-electron chi connectivity index (χ2n) is 4.42. The Hall–Kier alpha value is -3.09. The normalized spacial score (nSPS) is 10.2. The Morgan fingerprint density at radius 2 is 2.09 bits per heavy atom. The van der Waals surface area contributed by atoms with Crippen LogP contribution in [0, 0.1) is 0 Å². The van der Waals surface area contributed by atoms with Crippen LogP contribution in [-0.2, 0) is 6.54 Å². The van der Waals surface area contributed by atoms with E-state index in [1.54, 1.807) is 19.6 Å². The van der Waals surface area contributed by atoms with Gasteiger partial charge in [0.2, 0.25) is 5.95 Å². The van der Waals surface area contributed by atoms with Gasteiger partial charge in [0.25, 0.3) is 0 Å². The second-order valence-corrected chi connectivity index (χ2v) is 4.42. The molecule has 2 N–H and O–H groups in total. The highest BCUT2D eigenvalue weighted by Crippen LogP contribution is 2.25. The zero-order chi connectivity index (χ0) is 15.2. The molecule has 0 saturated carbocycles. The maximum atomic E-state index is 5.28. The monoisotopic (exact) mass is 297 g/mol. The molecule has 22 heavy (non-hydrogen) atoms. The third kappa shape index (κ3) is 3.32. The van der Waals surface area contributed by atoms with E-state index in [0.717, 1.165) is 11.4 Å². The molecule has 1 aromatic carbocycles. The minimum Gasteiger partial charge on any atom is -0.495 e. The van der Waals surface area contributed by atoms with Crippen LogP contribution in [0.3, 0.4) is 0 Å². The van der Waals surface area contributed by atoms with Crippen molar-refractivity contribution in [2.75, 3.05) is 17.7 Å². The molecule has 0 spiro atoms. The zero-order valence-electron chi connectivity index (χ0n) is 12.0. The molecule has 0 saturated heterocycles. The summed E-state index contributed by atoms with van der Waals surface area (Å²) in [5.74, 6) is 2.51. The predicted octanol–water partition coefficient (Wildman–Crippen LogP) is 2.83. The molecule has 0 aliphatic carbocycles. The van der Waals surface area contributed by atoms with E-state index in [4.69, 9.17) is 9.15 Å². The molecule has 3 aromatic rings. The molecule has 0 atom stereocenters. The van der Waals surface area contributed by atoms with Gasteiger partial charge in [-0.15, -0.1) is 5.10 Å². The first kappa shape index (κ1) is 13.9. The van der Waals surface area contributed by atoms with Gasteiger partial charge in [-0.3, -0.25) is 0 Å². The summed E-state index contributed by atoms with van der Waals surface area (Å²) in [5.41, 5.74) is 0.773. The molecular weight excluding hydrogens is 282 g/mol. The number of para-hydroxylation sites is 2. The van der Waals surface area contributed by atoms with Gasteiger partial charge >= 0.3 is 0 Å². The van der Waals surface area contributed by atoms with Crippen LogP contribution in [0.5, 0.6) is 5.75 Å². The lowest BCUT2D eigenvalue weighted by Crippen LogP contribution is -2.05. The fraction of sp³-hybridized carbons (Fsp3) is 0.133. The van der Waals surface area contributed by atoms with Gasteiger partial charge in [0, 0.05) is 0 Å². The maximum absolute atomic E-state index is 5.28. The number of hydrogen-bond donors (Lipinski definition) is 2. The summed E-state index contributed by atoms with van der Waals surface area (Å²) in [7, 11) is 1.61. The molecule has 3 rings (SSSR count). The molecule has 112 valence electrons. The highest BCUT2D eigenvalue weighted by molar-refractivity contribution is 5.62. The Labute approximate surface area is 127 Å². The molecule has 0 aliphatic heterocycles. The molecular formula is C15H15N5O2. The van der Waals surface area contributed by atoms with Crippen molar-refractivity contribution in [2.45, 2.75) is 6.54 Å². The summed E-state index contributed by atoms with van der Waals surface area (Å²) in [5, 5.41) is 14.1. The van der Waals surface area contributed by atoms with Gasteiger partial charge in [0.1, 0.15) is 11.5 Å². The van der Waals surface area contributed by atoms with Crippen molar-refractivity contribution in [1.29, 1.82) is 0 Å². The fourth-order valence-corrected chi connectivity index (χ4v) is 1.90. The van der Waals surface area contributed by atoms with Gasteiger partial charge in [-0.05, 0) is 24.3 Å². The topological polar surface area (TPSA) is 85.1 Å². The van der Waals surface area contributed by atoms with E-state index >= 15 is 0 Å². The van der Waals surface area contributed by atoms with Gasteiger partial charge in [0.15, 0.2) is 5.82 Å². The lowest BCUT2D eigenvalue weighted by Gasteiger charge is -2.10. The van der Waals surface area contributed by atoms with Crippen molar-refractivity contribution in [2.24, 2.45) is 0 Å². The first-order chi connectivity index (χ1) is 10.8. The lowest BCUT2D eigenvalue weighted by atomic mass is 10.3. The van der Waals surface area contributed by atoms with Crippen LogP contribution >= 0.6 is 0 Å². The molecule has 0 fully saturated rings. The summed E-state index contributed by atoms with van der Waals surface area (Å²) in [6, 6.07) is 11.3. The van der Waals surface area contributed by atoms with E-state index in [0.29, 0.717) is 24.1 Å². The minimum atomic E-state index is 0.383. The van der Waals surface area contributed by atoms with Crippen molar-refractivity contribution < 1.29 is 9.15 Å². The number of ether oxygens (including phenoxy) is 1. The Kier molecular flexibility index (Phi) is 4.15. The van der Waals surface area contributed by atoms with Crippen LogP contribution in [0.4, 0.5) is 17.5 Å². The summed E-state index contributed by atoms with van der Waals surface area (Å²) < 4.78 is 10.5. The molecule has 0 unspecified atom stereocenters. The molecule has 7 heteroatoms. The Morgan fingerprint density at radius 3 is 2.91 bits per heavy atom. The van der Waals surface area contributed by atoms with Crippen LogP contribution in [0.1, 0.15) is 5.76 Å². The van der Waals surface area contributed by atoms with Gasteiger partial charge in [-0.1, -0.05) is 12.1 Å². The van der Waals surface area contributed by atoms with Crippen LogP contribution in [-0.4, -0.2) is 22.3 Å². The molecule has 2 aromatic heterocycles. The van der Waals surface area contributed by atoms with Crippen LogP contribution < -0.4 is 15.4 Å². The van der Waals surface area contributed by atoms with Crippen LogP contribution in [0.25, 0.3) is 0 Å². The minimum absolute atomic E-state index is 0.383. The quantitative estimate of drug-likeness (QED) is 0.723. The maximum Gasteiger partial charge on any atom is 0.249 e. The molecule has 0 bridgehead atoms. The average molecular weight is 297 g/mol. The number of aromatic nitrogens is 3. The summed E-state index contributed by atoms with van der Waals surface area (Å²) in [4.78, 5) is 4.35. The summed E-state index contributed by atoms with van der Waals surface area (Å²) >= 11 is 0. The van der Waals surface area contributed by atoms with E-state index in [1.807, 2.05) is 36.4 Å². The van der Waals surface area contributed by atoms with Gasteiger partial charge in [0.05, 0.1) is 31.8 Å². The number of rotatable bonds is 6. The van der Waals surface area contributed by atoms with Crippen molar-refractivity contribution in [3.8, 4) is 5.75 Å². The number of methoxy groups -OCH3 is 1. The van der Waals surface area contributed by atoms with E-state index < -0.39 is 0 Å². The van der Waals surface area contributed by atoms with Crippen molar-refractivity contribution >= 4 is 17.5 Å². The standard InChI is InChI=1S/C15H15N5O2/c1-21-13-7-3-2-6-12(13)18-15-19-14(10-17-20-15)16-9-11-5-4-8-22-11/h2-8,10H,9H2,1H3,(H2,16,18,19,20). The zero-order valence-corrected chi connectivity index (χ0v) is 12.0. The highest BCUT2D eigenvalue weighted by Gasteiger charge is 2.05. The van der Waals surface area contributed by atoms with Gasteiger partial charge in [-0.25, -0.2) is 0 Å². The number of nitrogens with one attached hydrogen (secondary N) is 2. The summed E-state index contributed by atoms with van der Waals surface area (Å²) in [6.45, 7) is 0.528. The van der Waals surface area contributed by atoms with Gasteiger partial charge < -0.3 is 19.8 Å². The van der Waals surface area contributed by atoms with Crippen molar-refractivity contribution in [1.82, 2.24) is 15.2 Å². The van der Waals surface area contributed by atoms with Gasteiger partial charge in [-0.2, -0.15) is 10.1 Å². The molecule has 0 amide bonds. The number of furan rings is 1. The average Bonchev–Trinajstić information content (AvgIpc) is 3.07. The number of nitrogens with zero attached hydrogens (tertiary/aromatic N) is 3. The highest BCUT2D eigenvalue weighted by atomic mass is 16.5. The Balaban J connectivity index is 1.70. The van der Waals surface area contributed by atoms with Crippen LogP contribution in [0.15, 0.2) is 53.3 Å². The van der Waals surface area contributed by atoms with E-state index in [9.17, 15) is 0 Å². The fourth-order valence-electron chi connectivity index (χ4n) is 1.90. The smallest absolute Gasteiger partial charge is 0.249 e. The molecule has 7 nitrogen and oxygen atoms in total. The largest absolute Gasteiger partial charge is 0.495 e. The van der Waals surface area contributed by atoms with E-state index in [1.165, 1.54) is 0 Å². The van der Waals surface area contributed by atoms with E-state index in [-0.39, 0.29) is 0 Å². The third-order valence-corrected chi connectivity index (χ3v) is 2.94. The molecule has 0 radical (unpaired) electrons. The number of hydrogen-bond acceptors (Lipinski definition) is 7. The lowest BCUT2D eigenvalue weighted by molar-refractivity contribution is 0.417. The van der Waals surface area contributed by atoms with Crippen molar-refractivity contribution in [3.05, 3.63) is 54.6 Å². The Bertz CT molecular complexity index is 730. The molecule has 2 heterocycles. The third-order valence-electron chi connectivity index (χ3n) is 2.94. The predicted molar refractivity (Wildman–Crippen MR) is 82.1 cm³/mol. The number of benzene rings is 1. The molecule has 0 aliphatic rings. The SMILES string of the molecule is COc1ccccc1Nc1nncc(NCc2ccco2)n1. The first-order valence-corrected chi connectivity index (χ1v) is 6.71. The Morgan fingerprint density at radius 1 is 1.18 bits per heavy atom. The van der Waals surface area contributed by atoms with Crippen LogP contribution in [0.2, 0.25) is 0 Å². The first-order valence-electron chi connectivity index (χ1n) is 6.71. The second kappa shape index (κ2) is 6.57. The van der Waals surface area contributed by atoms with Crippen molar-refractivity contribution in [3.63, 3.8) is 0 Å². The summed E-state index contributed by atoms with van der Waals surface area (Å²) in [6.07, 6.45) is 3.18. The van der Waals surface area contributed by atoms with E-state index in [2.05, 4.69) is 25.8 Å². The number of anilines is 3.